The Morgan fingerprint density at radius 1 is 1.23 bits per heavy atom. The van der Waals surface area contributed by atoms with E-state index in [1.54, 1.807) is 11.3 Å². The average molecular weight is 189 g/mol. The van der Waals surface area contributed by atoms with Gasteiger partial charge in [0.25, 0.3) is 0 Å². The summed E-state index contributed by atoms with van der Waals surface area (Å²) >= 11 is 1.64. The number of hydrogen-bond acceptors (Lipinski definition) is 2. The fourth-order valence-corrected chi connectivity index (χ4v) is 2.10. The summed E-state index contributed by atoms with van der Waals surface area (Å²) in [7, 11) is 0. The summed E-state index contributed by atoms with van der Waals surface area (Å²) in [4.78, 5) is 0. The molecule has 0 radical (unpaired) electrons. The summed E-state index contributed by atoms with van der Waals surface area (Å²) in [5.41, 5.74) is 10.3. The van der Waals surface area contributed by atoms with E-state index in [0.29, 0.717) is 0 Å². The molecule has 1 nitrogen and oxygen atoms in total. The van der Waals surface area contributed by atoms with Crippen molar-refractivity contribution in [1.29, 1.82) is 0 Å². The van der Waals surface area contributed by atoms with Crippen molar-refractivity contribution in [2.24, 2.45) is 0 Å². The first-order valence-corrected chi connectivity index (χ1v) is 5.10. The quantitative estimate of drug-likeness (QED) is 0.731. The van der Waals surface area contributed by atoms with E-state index in [9.17, 15) is 0 Å². The fraction of sp³-hybridized carbons (Fsp3) is 0.0909. The van der Waals surface area contributed by atoms with E-state index in [4.69, 9.17) is 5.73 Å². The molecule has 1 aromatic heterocycles. The number of rotatable bonds is 1. The summed E-state index contributed by atoms with van der Waals surface area (Å²) in [6.45, 7) is 2.09. The zero-order valence-corrected chi connectivity index (χ0v) is 8.27. The topological polar surface area (TPSA) is 26.0 Å². The van der Waals surface area contributed by atoms with Gasteiger partial charge in [-0.1, -0.05) is 29.8 Å². The zero-order valence-electron chi connectivity index (χ0n) is 7.45. The average Bonchev–Trinajstić information content (AvgIpc) is 2.51. The van der Waals surface area contributed by atoms with E-state index < -0.39 is 0 Å². The fourth-order valence-electron chi connectivity index (χ4n) is 1.35. The molecule has 0 fully saturated rings. The zero-order chi connectivity index (χ0) is 9.26. The minimum Gasteiger partial charge on any atom is -0.398 e. The SMILES string of the molecule is Cc1cccc(-c2cscc2N)c1. The monoisotopic (exact) mass is 189 g/mol. The highest BCUT2D eigenvalue weighted by molar-refractivity contribution is 7.08. The first-order valence-electron chi connectivity index (χ1n) is 4.16. The van der Waals surface area contributed by atoms with Gasteiger partial charge in [-0.05, 0) is 12.5 Å². The minimum atomic E-state index is 0.871. The van der Waals surface area contributed by atoms with Crippen molar-refractivity contribution in [3.63, 3.8) is 0 Å². The van der Waals surface area contributed by atoms with Gasteiger partial charge in [-0.15, -0.1) is 11.3 Å². The number of hydrogen-bond donors (Lipinski definition) is 1. The highest BCUT2D eigenvalue weighted by atomic mass is 32.1. The molecule has 0 amide bonds. The Balaban J connectivity index is 2.53. The number of benzene rings is 1. The molecular weight excluding hydrogens is 178 g/mol. The first-order chi connectivity index (χ1) is 6.27. The van der Waals surface area contributed by atoms with Crippen LogP contribution in [0, 0.1) is 6.92 Å². The molecule has 2 aromatic rings. The molecule has 66 valence electrons. The molecule has 0 unspecified atom stereocenters. The molecule has 1 heterocycles. The molecule has 0 saturated heterocycles. The standard InChI is InChI=1S/C11H11NS/c1-8-3-2-4-9(5-8)10-6-13-7-11(10)12/h2-7H,12H2,1H3. The van der Waals surface area contributed by atoms with Crippen molar-refractivity contribution in [3.8, 4) is 11.1 Å². The Bertz CT molecular complexity index is 418. The maximum atomic E-state index is 5.83. The normalized spacial score (nSPS) is 10.2. The summed E-state index contributed by atoms with van der Waals surface area (Å²) < 4.78 is 0. The van der Waals surface area contributed by atoms with E-state index in [1.807, 2.05) is 5.38 Å². The molecule has 0 aliphatic rings. The van der Waals surface area contributed by atoms with Crippen molar-refractivity contribution >= 4 is 17.0 Å². The number of anilines is 1. The van der Waals surface area contributed by atoms with E-state index in [2.05, 4.69) is 36.6 Å². The first kappa shape index (κ1) is 8.32. The molecule has 2 rings (SSSR count). The summed E-state index contributed by atoms with van der Waals surface area (Å²) in [5, 5.41) is 4.06. The van der Waals surface area contributed by atoms with E-state index in [-0.39, 0.29) is 0 Å². The predicted octanol–water partition coefficient (Wildman–Crippen LogP) is 3.31. The number of nitrogen functional groups attached to an aromatic ring is 1. The molecule has 13 heavy (non-hydrogen) atoms. The number of aryl methyl sites for hydroxylation is 1. The van der Waals surface area contributed by atoms with Crippen LogP contribution in [0.5, 0.6) is 0 Å². The summed E-state index contributed by atoms with van der Waals surface area (Å²) in [5.74, 6) is 0. The Hall–Kier alpha value is -1.28. The van der Waals surface area contributed by atoms with Crippen LogP contribution in [0.15, 0.2) is 35.0 Å². The van der Waals surface area contributed by atoms with Gasteiger partial charge in [0, 0.05) is 16.3 Å². The van der Waals surface area contributed by atoms with Crippen molar-refractivity contribution in [3.05, 3.63) is 40.6 Å². The van der Waals surface area contributed by atoms with Gasteiger partial charge >= 0.3 is 0 Å². The van der Waals surface area contributed by atoms with Crippen LogP contribution in [-0.2, 0) is 0 Å². The van der Waals surface area contributed by atoms with E-state index in [1.165, 1.54) is 11.1 Å². The molecule has 0 spiro atoms. The third kappa shape index (κ3) is 1.58. The molecule has 0 bridgehead atoms. The molecular formula is C11H11NS. The Morgan fingerprint density at radius 3 is 2.69 bits per heavy atom. The van der Waals surface area contributed by atoms with Gasteiger partial charge in [0.15, 0.2) is 0 Å². The van der Waals surface area contributed by atoms with Crippen LogP contribution in [0.25, 0.3) is 11.1 Å². The molecule has 2 heteroatoms. The van der Waals surface area contributed by atoms with Crippen molar-refractivity contribution in [2.75, 3.05) is 5.73 Å². The number of nitrogens with two attached hydrogens (primary N) is 1. The lowest BCUT2D eigenvalue weighted by Crippen LogP contribution is -1.84. The maximum Gasteiger partial charge on any atom is 0.0502 e. The van der Waals surface area contributed by atoms with Crippen molar-refractivity contribution in [2.45, 2.75) is 6.92 Å². The van der Waals surface area contributed by atoms with Gasteiger partial charge in [0.2, 0.25) is 0 Å². The molecule has 2 N–H and O–H groups in total. The lowest BCUT2D eigenvalue weighted by Gasteiger charge is -2.00. The third-order valence-electron chi connectivity index (χ3n) is 2.02. The Labute approximate surface area is 81.8 Å². The molecule has 0 aliphatic carbocycles. The lowest BCUT2D eigenvalue weighted by atomic mass is 10.1. The van der Waals surface area contributed by atoms with Crippen LogP contribution in [-0.4, -0.2) is 0 Å². The van der Waals surface area contributed by atoms with E-state index >= 15 is 0 Å². The van der Waals surface area contributed by atoms with Crippen LogP contribution in [0.1, 0.15) is 5.56 Å². The van der Waals surface area contributed by atoms with Crippen molar-refractivity contribution in [1.82, 2.24) is 0 Å². The van der Waals surface area contributed by atoms with Gasteiger partial charge in [-0.25, -0.2) is 0 Å². The second-order valence-electron chi connectivity index (χ2n) is 3.11. The molecule has 0 atom stereocenters. The molecule has 1 aromatic carbocycles. The summed E-state index contributed by atoms with van der Waals surface area (Å²) in [6, 6.07) is 8.39. The minimum absolute atomic E-state index is 0.871. The van der Waals surface area contributed by atoms with E-state index in [0.717, 1.165) is 11.3 Å². The van der Waals surface area contributed by atoms with Crippen LogP contribution in [0.3, 0.4) is 0 Å². The highest BCUT2D eigenvalue weighted by Crippen LogP contribution is 2.29. The molecule has 0 aliphatic heterocycles. The van der Waals surface area contributed by atoms with Crippen LogP contribution >= 0.6 is 11.3 Å². The van der Waals surface area contributed by atoms with Gasteiger partial charge < -0.3 is 5.73 Å². The second-order valence-corrected chi connectivity index (χ2v) is 3.85. The number of thiophene rings is 1. The van der Waals surface area contributed by atoms with Gasteiger partial charge in [0.1, 0.15) is 0 Å². The maximum absolute atomic E-state index is 5.83. The van der Waals surface area contributed by atoms with Gasteiger partial charge in [-0.3, -0.25) is 0 Å². The van der Waals surface area contributed by atoms with Gasteiger partial charge in [-0.2, -0.15) is 0 Å². The van der Waals surface area contributed by atoms with Crippen LogP contribution in [0.2, 0.25) is 0 Å². The Kier molecular flexibility index (Phi) is 2.07. The highest BCUT2D eigenvalue weighted by Gasteiger charge is 2.02. The smallest absolute Gasteiger partial charge is 0.0502 e. The van der Waals surface area contributed by atoms with Crippen LogP contribution < -0.4 is 5.73 Å². The van der Waals surface area contributed by atoms with Crippen LogP contribution in [0.4, 0.5) is 5.69 Å². The lowest BCUT2D eigenvalue weighted by molar-refractivity contribution is 1.47. The van der Waals surface area contributed by atoms with Gasteiger partial charge in [0.05, 0.1) is 5.69 Å². The molecule has 0 saturated carbocycles. The Morgan fingerprint density at radius 2 is 2.08 bits per heavy atom. The summed E-state index contributed by atoms with van der Waals surface area (Å²) in [6.07, 6.45) is 0. The largest absolute Gasteiger partial charge is 0.398 e. The predicted molar refractivity (Wildman–Crippen MR) is 58.9 cm³/mol. The third-order valence-corrected chi connectivity index (χ3v) is 2.78. The van der Waals surface area contributed by atoms with Crippen molar-refractivity contribution < 1.29 is 0 Å². The second kappa shape index (κ2) is 3.23.